The van der Waals surface area contributed by atoms with Crippen LogP contribution in [0.3, 0.4) is 0 Å². The summed E-state index contributed by atoms with van der Waals surface area (Å²) in [6.07, 6.45) is 1.42. The summed E-state index contributed by atoms with van der Waals surface area (Å²) >= 11 is 0. The van der Waals surface area contributed by atoms with Crippen LogP contribution in [0.1, 0.15) is 19.3 Å². The van der Waals surface area contributed by atoms with Crippen LogP contribution in [0.4, 0.5) is 0 Å². The van der Waals surface area contributed by atoms with Crippen LogP contribution in [0.5, 0.6) is 5.75 Å². The first-order chi connectivity index (χ1) is 9.53. The number of ether oxygens (including phenoxy) is 1. The van der Waals surface area contributed by atoms with E-state index in [1.807, 2.05) is 0 Å². The van der Waals surface area contributed by atoms with Gasteiger partial charge in [-0.25, -0.2) is 13.1 Å². The highest BCUT2D eigenvalue weighted by Crippen LogP contribution is 2.23. The minimum absolute atomic E-state index is 0.0380. The van der Waals surface area contributed by atoms with Gasteiger partial charge in [-0.15, -0.1) is 0 Å². The smallest absolute Gasteiger partial charge is 0.244 e. The fraction of sp³-hybridized carbons (Fsp3) is 0.462. The topological polar surface area (TPSA) is 84.5 Å². The third-order valence-corrected chi connectivity index (χ3v) is 4.78. The Morgan fingerprint density at radius 2 is 2.05 bits per heavy atom. The molecule has 1 atom stereocenters. The standard InChI is InChI=1S/C13H18N2O4S/c1-19-11-4-2-3-5-12(11)20(17,18)15-10-6-7-13(16)14-9-8-10/h2-5,10,15H,6-9H2,1H3,(H,14,16). The maximum Gasteiger partial charge on any atom is 0.244 e. The molecule has 0 aliphatic carbocycles. The Morgan fingerprint density at radius 3 is 2.80 bits per heavy atom. The summed E-state index contributed by atoms with van der Waals surface area (Å²) in [6, 6.07) is 6.22. The first kappa shape index (κ1) is 14.8. The van der Waals surface area contributed by atoms with Crippen molar-refractivity contribution in [2.45, 2.75) is 30.2 Å². The van der Waals surface area contributed by atoms with E-state index in [0.29, 0.717) is 31.6 Å². The number of hydrogen-bond donors (Lipinski definition) is 2. The molecular weight excluding hydrogens is 280 g/mol. The Morgan fingerprint density at radius 1 is 1.30 bits per heavy atom. The van der Waals surface area contributed by atoms with Crippen LogP contribution >= 0.6 is 0 Å². The Labute approximate surface area is 118 Å². The van der Waals surface area contributed by atoms with Crippen LogP contribution in [-0.2, 0) is 14.8 Å². The van der Waals surface area contributed by atoms with Crippen LogP contribution in [0.2, 0.25) is 0 Å². The zero-order valence-electron chi connectivity index (χ0n) is 11.3. The van der Waals surface area contributed by atoms with Gasteiger partial charge in [0, 0.05) is 19.0 Å². The largest absolute Gasteiger partial charge is 0.495 e. The van der Waals surface area contributed by atoms with E-state index in [0.717, 1.165) is 0 Å². The third kappa shape index (κ3) is 3.49. The van der Waals surface area contributed by atoms with Crippen LogP contribution in [0.25, 0.3) is 0 Å². The maximum atomic E-state index is 12.4. The van der Waals surface area contributed by atoms with Crippen molar-refractivity contribution in [3.63, 3.8) is 0 Å². The van der Waals surface area contributed by atoms with Gasteiger partial charge in [-0.05, 0) is 25.0 Å². The Kier molecular flexibility index (Phi) is 4.61. The predicted molar refractivity (Wildman–Crippen MR) is 74.0 cm³/mol. The second-order valence-corrected chi connectivity index (χ2v) is 6.33. The van der Waals surface area contributed by atoms with Gasteiger partial charge in [0.15, 0.2) is 0 Å². The van der Waals surface area contributed by atoms with Crippen molar-refractivity contribution in [2.24, 2.45) is 0 Å². The summed E-state index contributed by atoms with van der Waals surface area (Å²) in [5.41, 5.74) is 0. The molecule has 2 rings (SSSR count). The highest BCUT2D eigenvalue weighted by atomic mass is 32.2. The summed E-state index contributed by atoms with van der Waals surface area (Å²) < 4.78 is 32.5. The van der Waals surface area contributed by atoms with Crippen molar-refractivity contribution >= 4 is 15.9 Å². The fourth-order valence-corrected chi connectivity index (χ4v) is 3.64. The first-order valence-electron chi connectivity index (χ1n) is 6.45. The van der Waals surface area contributed by atoms with Gasteiger partial charge >= 0.3 is 0 Å². The molecule has 0 radical (unpaired) electrons. The van der Waals surface area contributed by atoms with Crippen molar-refractivity contribution in [1.29, 1.82) is 0 Å². The fourth-order valence-electron chi connectivity index (χ4n) is 2.17. The van der Waals surface area contributed by atoms with Gasteiger partial charge in [-0.2, -0.15) is 0 Å². The number of carbonyl (C=O) groups is 1. The summed E-state index contributed by atoms with van der Waals surface area (Å²) in [6.45, 7) is 0.484. The van der Waals surface area contributed by atoms with E-state index in [1.54, 1.807) is 18.2 Å². The highest BCUT2D eigenvalue weighted by Gasteiger charge is 2.24. The SMILES string of the molecule is COc1ccccc1S(=O)(=O)NC1CCNC(=O)CC1. The number of amides is 1. The molecule has 1 aromatic carbocycles. The van der Waals surface area contributed by atoms with Gasteiger partial charge in [-0.1, -0.05) is 12.1 Å². The molecular formula is C13H18N2O4S. The quantitative estimate of drug-likeness (QED) is 0.854. The number of sulfonamides is 1. The lowest BCUT2D eigenvalue weighted by Gasteiger charge is -2.17. The van der Waals surface area contributed by atoms with E-state index in [9.17, 15) is 13.2 Å². The Hall–Kier alpha value is -1.60. The van der Waals surface area contributed by atoms with Gasteiger partial charge in [-0.3, -0.25) is 4.79 Å². The molecule has 1 aromatic rings. The molecule has 0 bridgehead atoms. The van der Waals surface area contributed by atoms with E-state index in [4.69, 9.17) is 4.74 Å². The minimum atomic E-state index is -3.65. The molecule has 1 aliphatic rings. The summed E-state index contributed by atoms with van der Waals surface area (Å²) in [5.74, 6) is 0.270. The Bertz CT molecular complexity index is 586. The third-order valence-electron chi connectivity index (χ3n) is 3.22. The zero-order chi connectivity index (χ0) is 14.6. The number of hydrogen-bond acceptors (Lipinski definition) is 4. The first-order valence-corrected chi connectivity index (χ1v) is 7.93. The molecule has 0 aromatic heterocycles. The van der Waals surface area contributed by atoms with Crippen molar-refractivity contribution in [3.05, 3.63) is 24.3 Å². The molecule has 0 spiro atoms. The monoisotopic (exact) mass is 298 g/mol. The molecule has 1 unspecified atom stereocenters. The zero-order valence-corrected chi connectivity index (χ0v) is 12.1. The van der Waals surface area contributed by atoms with Crippen molar-refractivity contribution in [2.75, 3.05) is 13.7 Å². The summed E-state index contributed by atoms with van der Waals surface area (Å²) in [4.78, 5) is 11.4. The van der Waals surface area contributed by atoms with E-state index in [2.05, 4.69) is 10.0 Å². The second kappa shape index (κ2) is 6.23. The predicted octanol–water partition coefficient (Wildman–Crippen LogP) is 0.642. The molecule has 7 heteroatoms. The number of para-hydroxylation sites is 1. The summed E-state index contributed by atoms with van der Waals surface area (Å²) in [7, 11) is -2.22. The van der Waals surface area contributed by atoms with Gasteiger partial charge < -0.3 is 10.1 Å². The molecule has 1 aliphatic heterocycles. The van der Waals surface area contributed by atoms with Crippen LogP contribution in [-0.4, -0.2) is 34.0 Å². The number of methoxy groups -OCH3 is 1. The van der Waals surface area contributed by atoms with Crippen LogP contribution in [0.15, 0.2) is 29.2 Å². The molecule has 6 nitrogen and oxygen atoms in total. The van der Waals surface area contributed by atoms with Crippen LogP contribution < -0.4 is 14.8 Å². The van der Waals surface area contributed by atoms with E-state index < -0.39 is 10.0 Å². The molecule has 20 heavy (non-hydrogen) atoms. The number of nitrogens with one attached hydrogen (secondary N) is 2. The molecule has 1 fully saturated rings. The normalized spacial score (nSPS) is 20.1. The van der Waals surface area contributed by atoms with Crippen molar-refractivity contribution < 1.29 is 17.9 Å². The van der Waals surface area contributed by atoms with Crippen LogP contribution in [0, 0.1) is 0 Å². The van der Waals surface area contributed by atoms with Gasteiger partial charge in [0.25, 0.3) is 0 Å². The lowest BCUT2D eigenvalue weighted by Crippen LogP contribution is -2.35. The molecule has 1 heterocycles. The molecule has 1 amide bonds. The average molecular weight is 298 g/mol. The number of rotatable bonds is 4. The minimum Gasteiger partial charge on any atom is -0.495 e. The summed E-state index contributed by atoms with van der Waals surface area (Å²) in [5, 5.41) is 2.72. The van der Waals surface area contributed by atoms with E-state index in [1.165, 1.54) is 13.2 Å². The average Bonchev–Trinajstić information content (AvgIpc) is 2.63. The van der Waals surface area contributed by atoms with Gasteiger partial charge in [0.05, 0.1) is 7.11 Å². The van der Waals surface area contributed by atoms with Crippen molar-refractivity contribution in [1.82, 2.24) is 10.0 Å². The lowest BCUT2D eigenvalue weighted by molar-refractivity contribution is -0.120. The Balaban J connectivity index is 2.16. The lowest BCUT2D eigenvalue weighted by atomic mass is 10.1. The molecule has 110 valence electrons. The number of benzene rings is 1. The van der Waals surface area contributed by atoms with Gasteiger partial charge in [0.2, 0.25) is 15.9 Å². The molecule has 0 saturated carbocycles. The van der Waals surface area contributed by atoms with E-state index >= 15 is 0 Å². The molecule has 2 N–H and O–H groups in total. The van der Waals surface area contributed by atoms with E-state index in [-0.39, 0.29) is 16.8 Å². The maximum absolute atomic E-state index is 12.4. The number of carbonyl (C=O) groups excluding carboxylic acids is 1. The highest BCUT2D eigenvalue weighted by molar-refractivity contribution is 7.89. The van der Waals surface area contributed by atoms with Crippen molar-refractivity contribution in [3.8, 4) is 5.75 Å². The molecule has 1 saturated heterocycles. The second-order valence-electron chi connectivity index (χ2n) is 4.65. The van der Waals surface area contributed by atoms with Gasteiger partial charge in [0.1, 0.15) is 10.6 Å².